The smallest absolute Gasteiger partial charge is 0.198 e. The first-order valence-electron chi connectivity index (χ1n) is 3.71. The van der Waals surface area contributed by atoms with Gasteiger partial charge in [-0.05, 0) is 13.0 Å². The summed E-state index contributed by atoms with van der Waals surface area (Å²) in [6, 6.07) is 1.51. The number of Topliss-reactive ketones (excluding diaryl/α,β-unsaturated/α-hetero) is 1. The molecule has 0 saturated carbocycles. The van der Waals surface area contributed by atoms with Crippen LogP contribution in [0.3, 0.4) is 0 Å². The second-order valence-electron chi connectivity index (χ2n) is 2.44. The molecular formula is C8H10ClNO2. The normalized spacial score (nSPS) is 10.2. The second kappa shape index (κ2) is 4.28. The van der Waals surface area contributed by atoms with Crippen molar-refractivity contribution in [3.63, 3.8) is 0 Å². The van der Waals surface area contributed by atoms with E-state index in [0.29, 0.717) is 30.2 Å². The molecule has 12 heavy (non-hydrogen) atoms. The third-order valence-electron chi connectivity index (χ3n) is 1.45. The van der Waals surface area contributed by atoms with E-state index in [0.717, 1.165) is 0 Å². The maximum Gasteiger partial charge on any atom is 0.198 e. The van der Waals surface area contributed by atoms with E-state index < -0.39 is 0 Å². The van der Waals surface area contributed by atoms with Crippen LogP contribution in [0.5, 0.6) is 0 Å². The molecule has 0 fully saturated rings. The molecule has 0 spiro atoms. The zero-order valence-electron chi connectivity index (χ0n) is 6.55. The third kappa shape index (κ3) is 2.36. The van der Waals surface area contributed by atoms with Gasteiger partial charge >= 0.3 is 0 Å². The Morgan fingerprint density at radius 3 is 2.92 bits per heavy atom. The lowest BCUT2D eigenvalue weighted by molar-refractivity contribution is 0.0954. The summed E-state index contributed by atoms with van der Waals surface area (Å²) in [6.45, 7) is 0.514. The van der Waals surface area contributed by atoms with Crippen molar-refractivity contribution in [3.8, 4) is 0 Å². The maximum atomic E-state index is 11.2. The van der Waals surface area contributed by atoms with Crippen LogP contribution in [-0.2, 0) is 0 Å². The lowest BCUT2D eigenvalue weighted by Gasteiger charge is -1.93. The van der Waals surface area contributed by atoms with Crippen molar-refractivity contribution < 1.29 is 9.21 Å². The molecule has 0 aliphatic heterocycles. The van der Waals surface area contributed by atoms with Crippen LogP contribution < -0.4 is 5.73 Å². The van der Waals surface area contributed by atoms with E-state index in [1.54, 1.807) is 0 Å². The first kappa shape index (κ1) is 9.29. The molecule has 2 N–H and O–H groups in total. The second-order valence-corrected chi connectivity index (χ2v) is 2.88. The molecule has 0 bridgehead atoms. The third-order valence-corrected chi connectivity index (χ3v) is 1.65. The minimum atomic E-state index is -0.0487. The molecule has 1 rings (SSSR count). The number of nitrogens with two attached hydrogens (primary N) is 1. The largest absolute Gasteiger partial charge is 0.460 e. The number of rotatable bonds is 4. The van der Waals surface area contributed by atoms with Gasteiger partial charge in [0.25, 0.3) is 0 Å². The standard InChI is InChI=1S/C8H10ClNO2/c9-6-4-8(12-5-6)7(11)2-1-3-10/h4-5H,1-3,10H2. The fraction of sp³-hybridized carbons (Fsp3) is 0.375. The van der Waals surface area contributed by atoms with Crippen molar-refractivity contribution in [1.82, 2.24) is 0 Å². The molecule has 0 amide bonds. The lowest BCUT2D eigenvalue weighted by Crippen LogP contribution is -2.03. The summed E-state index contributed by atoms with van der Waals surface area (Å²) < 4.78 is 4.90. The van der Waals surface area contributed by atoms with E-state index in [1.165, 1.54) is 12.3 Å². The van der Waals surface area contributed by atoms with Gasteiger partial charge in [0.15, 0.2) is 11.5 Å². The molecule has 1 heterocycles. The van der Waals surface area contributed by atoms with Gasteiger partial charge in [0, 0.05) is 12.5 Å². The molecule has 0 saturated heterocycles. The number of halogens is 1. The number of hydrogen-bond donors (Lipinski definition) is 1. The number of carbonyl (C=O) groups excluding carboxylic acids is 1. The van der Waals surface area contributed by atoms with Crippen LogP contribution in [0, 0.1) is 0 Å². The van der Waals surface area contributed by atoms with Gasteiger partial charge in [-0.1, -0.05) is 11.6 Å². The fourth-order valence-corrected chi connectivity index (χ4v) is 0.989. The minimum Gasteiger partial charge on any atom is -0.460 e. The molecule has 0 radical (unpaired) electrons. The number of furan rings is 1. The van der Waals surface area contributed by atoms with Crippen LogP contribution in [0.2, 0.25) is 5.02 Å². The molecule has 0 atom stereocenters. The van der Waals surface area contributed by atoms with E-state index in [4.69, 9.17) is 21.8 Å². The molecule has 0 unspecified atom stereocenters. The van der Waals surface area contributed by atoms with E-state index in [-0.39, 0.29) is 5.78 Å². The van der Waals surface area contributed by atoms with Gasteiger partial charge in [-0.2, -0.15) is 0 Å². The maximum absolute atomic E-state index is 11.2. The highest BCUT2D eigenvalue weighted by molar-refractivity contribution is 6.30. The molecule has 0 aromatic carbocycles. The van der Waals surface area contributed by atoms with Crippen LogP contribution in [0.1, 0.15) is 23.4 Å². The molecular weight excluding hydrogens is 178 g/mol. The summed E-state index contributed by atoms with van der Waals surface area (Å²) in [5.74, 6) is 0.265. The molecule has 4 heteroatoms. The topological polar surface area (TPSA) is 56.2 Å². The number of ketones is 1. The first-order chi connectivity index (χ1) is 5.74. The monoisotopic (exact) mass is 187 g/mol. The van der Waals surface area contributed by atoms with Crippen LogP contribution in [0.4, 0.5) is 0 Å². The van der Waals surface area contributed by atoms with Crippen LogP contribution in [0.25, 0.3) is 0 Å². The molecule has 1 aromatic heterocycles. The molecule has 0 aliphatic rings. The van der Waals surface area contributed by atoms with Gasteiger partial charge in [-0.15, -0.1) is 0 Å². The Labute approximate surface area is 75.5 Å². The van der Waals surface area contributed by atoms with Crippen molar-refractivity contribution in [1.29, 1.82) is 0 Å². The zero-order valence-corrected chi connectivity index (χ0v) is 7.30. The average Bonchev–Trinajstić information content (AvgIpc) is 2.47. The van der Waals surface area contributed by atoms with Gasteiger partial charge in [-0.3, -0.25) is 4.79 Å². The zero-order chi connectivity index (χ0) is 8.97. The van der Waals surface area contributed by atoms with E-state index in [9.17, 15) is 4.79 Å². The summed E-state index contributed by atoms with van der Waals surface area (Å²) >= 11 is 5.57. The van der Waals surface area contributed by atoms with Crippen LogP contribution >= 0.6 is 11.6 Å². The Morgan fingerprint density at radius 1 is 1.67 bits per heavy atom. The summed E-state index contributed by atoms with van der Waals surface area (Å²) in [4.78, 5) is 11.2. The van der Waals surface area contributed by atoms with Gasteiger partial charge in [0.05, 0.1) is 5.02 Å². The highest BCUT2D eigenvalue weighted by Gasteiger charge is 2.09. The van der Waals surface area contributed by atoms with Crippen molar-refractivity contribution in [2.45, 2.75) is 12.8 Å². The number of carbonyl (C=O) groups is 1. The quantitative estimate of drug-likeness (QED) is 0.732. The SMILES string of the molecule is NCCCC(=O)c1cc(Cl)co1. The highest BCUT2D eigenvalue weighted by Crippen LogP contribution is 2.14. The van der Waals surface area contributed by atoms with Crippen molar-refractivity contribution in [2.24, 2.45) is 5.73 Å². The summed E-state index contributed by atoms with van der Waals surface area (Å²) in [7, 11) is 0. The molecule has 66 valence electrons. The predicted octanol–water partition coefficient (Wildman–Crippen LogP) is 1.85. The lowest BCUT2D eigenvalue weighted by atomic mass is 10.2. The Hall–Kier alpha value is -0.800. The molecule has 3 nitrogen and oxygen atoms in total. The summed E-state index contributed by atoms with van der Waals surface area (Å²) in [5, 5.41) is 0.450. The van der Waals surface area contributed by atoms with Gasteiger partial charge in [0.2, 0.25) is 0 Å². The molecule has 0 aliphatic carbocycles. The first-order valence-corrected chi connectivity index (χ1v) is 4.09. The Balaban J connectivity index is 2.53. The van der Waals surface area contributed by atoms with Crippen molar-refractivity contribution in [3.05, 3.63) is 23.1 Å². The fourth-order valence-electron chi connectivity index (χ4n) is 0.845. The predicted molar refractivity (Wildman–Crippen MR) is 46.3 cm³/mol. The van der Waals surface area contributed by atoms with Gasteiger partial charge in [0.1, 0.15) is 6.26 Å². The minimum absolute atomic E-state index is 0.0487. The number of hydrogen-bond acceptors (Lipinski definition) is 3. The van der Waals surface area contributed by atoms with Gasteiger partial charge < -0.3 is 10.2 Å². The summed E-state index contributed by atoms with van der Waals surface area (Å²) in [5.41, 5.74) is 5.25. The van der Waals surface area contributed by atoms with Gasteiger partial charge in [-0.25, -0.2) is 0 Å². The molecule has 1 aromatic rings. The summed E-state index contributed by atoms with van der Waals surface area (Å²) in [6.07, 6.45) is 2.44. The van der Waals surface area contributed by atoms with E-state index >= 15 is 0 Å². The van der Waals surface area contributed by atoms with Crippen molar-refractivity contribution in [2.75, 3.05) is 6.54 Å². The van der Waals surface area contributed by atoms with E-state index in [1.807, 2.05) is 0 Å². The van der Waals surface area contributed by atoms with E-state index in [2.05, 4.69) is 0 Å². The Bertz CT molecular complexity index is 270. The van der Waals surface area contributed by atoms with Crippen LogP contribution in [-0.4, -0.2) is 12.3 Å². The average molecular weight is 188 g/mol. The van der Waals surface area contributed by atoms with Crippen molar-refractivity contribution >= 4 is 17.4 Å². The highest BCUT2D eigenvalue weighted by atomic mass is 35.5. The van der Waals surface area contributed by atoms with Crippen LogP contribution in [0.15, 0.2) is 16.7 Å². The Morgan fingerprint density at radius 2 is 2.42 bits per heavy atom. The Kier molecular flexibility index (Phi) is 3.31.